The van der Waals surface area contributed by atoms with E-state index in [4.69, 9.17) is 5.73 Å². The van der Waals surface area contributed by atoms with Crippen molar-refractivity contribution in [3.63, 3.8) is 0 Å². The molecule has 0 aliphatic rings. The number of carbonyl (C=O) groups is 1. The van der Waals surface area contributed by atoms with E-state index in [-0.39, 0.29) is 18.1 Å². The van der Waals surface area contributed by atoms with E-state index in [1.165, 1.54) is 17.2 Å². The van der Waals surface area contributed by atoms with Crippen LogP contribution < -0.4 is 10.6 Å². The van der Waals surface area contributed by atoms with E-state index in [0.717, 1.165) is 0 Å². The van der Waals surface area contributed by atoms with Crippen molar-refractivity contribution in [1.29, 1.82) is 0 Å². The molecule has 19 heavy (non-hydrogen) atoms. The van der Waals surface area contributed by atoms with Gasteiger partial charge in [-0.25, -0.2) is 9.37 Å². The van der Waals surface area contributed by atoms with E-state index < -0.39 is 0 Å². The van der Waals surface area contributed by atoms with Crippen LogP contribution in [0, 0.1) is 5.82 Å². The highest BCUT2D eigenvalue weighted by Crippen LogP contribution is 2.13. The van der Waals surface area contributed by atoms with Gasteiger partial charge in [0.05, 0.1) is 18.3 Å². The number of amides is 1. The van der Waals surface area contributed by atoms with E-state index in [1.54, 1.807) is 37.4 Å². The zero-order valence-electron chi connectivity index (χ0n) is 10.5. The minimum Gasteiger partial charge on any atom is -0.397 e. The van der Waals surface area contributed by atoms with E-state index in [9.17, 15) is 9.18 Å². The van der Waals surface area contributed by atoms with Gasteiger partial charge >= 0.3 is 0 Å². The van der Waals surface area contributed by atoms with Gasteiger partial charge in [0, 0.05) is 7.05 Å². The lowest BCUT2D eigenvalue weighted by Crippen LogP contribution is -2.28. The molecule has 1 amide bonds. The molecule has 2 aromatic rings. The van der Waals surface area contributed by atoms with Crippen LogP contribution in [-0.2, 0) is 11.2 Å². The number of anilines is 2. The van der Waals surface area contributed by atoms with Gasteiger partial charge in [-0.05, 0) is 23.8 Å². The first-order chi connectivity index (χ1) is 9.08. The first kappa shape index (κ1) is 13.0. The van der Waals surface area contributed by atoms with Crippen LogP contribution >= 0.6 is 0 Å². The fraction of sp³-hybridized carbons (Fsp3) is 0.143. The number of halogens is 1. The molecule has 2 N–H and O–H groups in total. The number of benzene rings is 1. The molecular formula is C14H14FN3O. The van der Waals surface area contributed by atoms with Gasteiger partial charge in [-0.1, -0.05) is 18.2 Å². The van der Waals surface area contributed by atoms with Crippen LogP contribution in [0.4, 0.5) is 15.9 Å². The molecule has 0 spiro atoms. The summed E-state index contributed by atoms with van der Waals surface area (Å²) in [6.07, 6.45) is 1.47. The number of pyridine rings is 1. The Morgan fingerprint density at radius 1 is 1.32 bits per heavy atom. The molecule has 1 aromatic carbocycles. The average molecular weight is 259 g/mol. The number of rotatable bonds is 3. The van der Waals surface area contributed by atoms with Crippen LogP contribution in [0.1, 0.15) is 5.56 Å². The summed E-state index contributed by atoms with van der Waals surface area (Å²) in [5.74, 6) is -0.132. The van der Waals surface area contributed by atoms with Gasteiger partial charge < -0.3 is 5.73 Å². The van der Waals surface area contributed by atoms with Crippen LogP contribution in [0.25, 0.3) is 0 Å². The molecule has 0 bridgehead atoms. The first-order valence-electron chi connectivity index (χ1n) is 5.79. The van der Waals surface area contributed by atoms with Gasteiger partial charge in [-0.2, -0.15) is 0 Å². The van der Waals surface area contributed by atoms with Crippen molar-refractivity contribution in [2.75, 3.05) is 17.7 Å². The van der Waals surface area contributed by atoms with E-state index in [0.29, 0.717) is 17.1 Å². The minimum absolute atomic E-state index is 0.00473. The molecule has 5 heteroatoms. The Balaban J connectivity index is 2.12. The second-order valence-electron chi connectivity index (χ2n) is 4.17. The average Bonchev–Trinajstić information content (AvgIpc) is 2.41. The molecule has 0 aliphatic carbocycles. The van der Waals surface area contributed by atoms with Crippen molar-refractivity contribution < 1.29 is 9.18 Å². The monoisotopic (exact) mass is 259 g/mol. The smallest absolute Gasteiger partial charge is 0.232 e. The van der Waals surface area contributed by atoms with E-state index in [2.05, 4.69) is 4.98 Å². The maximum Gasteiger partial charge on any atom is 0.232 e. The third kappa shape index (κ3) is 3.07. The summed E-state index contributed by atoms with van der Waals surface area (Å²) in [6, 6.07) is 9.53. The molecule has 1 aromatic heterocycles. The largest absolute Gasteiger partial charge is 0.397 e. The Labute approximate surface area is 110 Å². The highest BCUT2D eigenvalue weighted by Gasteiger charge is 2.14. The summed E-state index contributed by atoms with van der Waals surface area (Å²) in [5, 5.41) is 0. The highest BCUT2D eigenvalue weighted by molar-refractivity contribution is 5.93. The lowest BCUT2D eigenvalue weighted by atomic mass is 10.1. The van der Waals surface area contributed by atoms with E-state index >= 15 is 0 Å². The number of likely N-dealkylation sites (N-methyl/N-ethyl adjacent to an activating group) is 1. The molecule has 0 aliphatic heterocycles. The lowest BCUT2D eigenvalue weighted by Gasteiger charge is -2.16. The zero-order valence-corrected chi connectivity index (χ0v) is 10.5. The summed E-state index contributed by atoms with van der Waals surface area (Å²) in [5.41, 5.74) is 6.43. The normalized spacial score (nSPS) is 10.2. The van der Waals surface area contributed by atoms with Crippen LogP contribution in [0.2, 0.25) is 0 Å². The number of nitrogen functional groups attached to an aromatic ring is 1. The molecule has 0 radical (unpaired) electrons. The van der Waals surface area contributed by atoms with Gasteiger partial charge in [0.2, 0.25) is 5.91 Å². The number of carbonyl (C=O) groups excluding carboxylic acids is 1. The number of hydrogen-bond acceptors (Lipinski definition) is 3. The molecular weight excluding hydrogens is 245 g/mol. The topological polar surface area (TPSA) is 59.2 Å². The summed E-state index contributed by atoms with van der Waals surface area (Å²) in [7, 11) is 1.60. The molecule has 0 saturated heterocycles. The van der Waals surface area contributed by atoms with Crippen molar-refractivity contribution in [1.82, 2.24) is 4.98 Å². The molecule has 98 valence electrons. The third-order valence-corrected chi connectivity index (χ3v) is 2.79. The number of nitrogens with two attached hydrogens (primary N) is 1. The molecule has 0 saturated carbocycles. The minimum atomic E-state index is -0.380. The zero-order chi connectivity index (χ0) is 13.8. The SMILES string of the molecule is CN(C(=O)Cc1ccccc1F)c1ccc(N)cn1. The first-order valence-corrected chi connectivity index (χ1v) is 5.79. The summed E-state index contributed by atoms with van der Waals surface area (Å²) in [4.78, 5) is 17.5. The second kappa shape index (κ2) is 5.48. The molecule has 0 fully saturated rings. The van der Waals surface area contributed by atoms with E-state index in [1.807, 2.05) is 0 Å². The molecule has 0 unspecified atom stereocenters. The quantitative estimate of drug-likeness (QED) is 0.917. The summed E-state index contributed by atoms with van der Waals surface area (Å²) in [6.45, 7) is 0. The molecule has 2 rings (SSSR count). The Bertz CT molecular complexity index is 583. The van der Waals surface area contributed by atoms with Crippen LogP contribution in [0.15, 0.2) is 42.6 Å². The van der Waals surface area contributed by atoms with Crippen molar-refractivity contribution in [2.45, 2.75) is 6.42 Å². The summed E-state index contributed by atoms with van der Waals surface area (Å²) >= 11 is 0. The van der Waals surface area contributed by atoms with Crippen LogP contribution in [0.3, 0.4) is 0 Å². The molecule has 4 nitrogen and oxygen atoms in total. The predicted molar refractivity (Wildman–Crippen MR) is 72.2 cm³/mol. The van der Waals surface area contributed by atoms with Gasteiger partial charge in [0.15, 0.2) is 0 Å². The van der Waals surface area contributed by atoms with Crippen molar-refractivity contribution in [2.24, 2.45) is 0 Å². The fourth-order valence-corrected chi connectivity index (χ4v) is 1.65. The number of hydrogen-bond donors (Lipinski definition) is 1. The van der Waals surface area contributed by atoms with Crippen molar-refractivity contribution in [3.8, 4) is 0 Å². The highest BCUT2D eigenvalue weighted by atomic mass is 19.1. The molecule has 0 atom stereocenters. The van der Waals surface area contributed by atoms with Gasteiger partial charge in [0.25, 0.3) is 0 Å². The second-order valence-corrected chi connectivity index (χ2v) is 4.17. The van der Waals surface area contributed by atoms with Gasteiger partial charge in [-0.15, -0.1) is 0 Å². The van der Waals surface area contributed by atoms with Crippen LogP contribution in [-0.4, -0.2) is 17.9 Å². The Kier molecular flexibility index (Phi) is 3.75. The lowest BCUT2D eigenvalue weighted by molar-refractivity contribution is -0.117. The number of nitrogens with zero attached hydrogens (tertiary/aromatic N) is 2. The molecule has 1 heterocycles. The predicted octanol–water partition coefficient (Wildman–Crippen LogP) is 2.01. The van der Waals surface area contributed by atoms with Crippen LogP contribution in [0.5, 0.6) is 0 Å². The maximum absolute atomic E-state index is 13.5. The Morgan fingerprint density at radius 2 is 2.05 bits per heavy atom. The maximum atomic E-state index is 13.5. The number of aromatic nitrogens is 1. The summed E-state index contributed by atoms with van der Waals surface area (Å²) < 4.78 is 13.5. The Hall–Kier alpha value is -2.43. The van der Waals surface area contributed by atoms with Crippen molar-refractivity contribution in [3.05, 3.63) is 54.0 Å². The fourth-order valence-electron chi connectivity index (χ4n) is 1.65. The Morgan fingerprint density at radius 3 is 2.68 bits per heavy atom. The van der Waals surface area contributed by atoms with Gasteiger partial charge in [0.1, 0.15) is 11.6 Å². The van der Waals surface area contributed by atoms with Crippen molar-refractivity contribution >= 4 is 17.4 Å². The standard InChI is InChI=1S/C14H14FN3O/c1-18(13-7-6-11(16)9-17-13)14(19)8-10-4-2-3-5-12(10)15/h2-7,9H,8,16H2,1H3. The third-order valence-electron chi connectivity index (χ3n) is 2.79. The van der Waals surface area contributed by atoms with Gasteiger partial charge in [-0.3, -0.25) is 9.69 Å².